The topological polar surface area (TPSA) is 67.9 Å². The second-order valence-electron chi connectivity index (χ2n) is 9.52. The van der Waals surface area contributed by atoms with Crippen LogP contribution in [0.2, 0.25) is 0 Å². The number of benzene rings is 3. The highest BCUT2D eigenvalue weighted by atomic mass is 19.1. The van der Waals surface area contributed by atoms with Crippen LogP contribution in [-0.2, 0) is 22.6 Å². The van der Waals surface area contributed by atoms with E-state index in [2.05, 4.69) is 5.32 Å². The molecule has 0 aromatic heterocycles. The van der Waals surface area contributed by atoms with E-state index in [-0.39, 0.29) is 25.5 Å². The van der Waals surface area contributed by atoms with E-state index < -0.39 is 23.3 Å². The molecule has 0 saturated carbocycles. The van der Waals surface area contributed by atoms with Gasteiger partial charge in [0.05, 0.1) is 7.11 Å². The summed E-state index contributed by atoms with van der Waals surface area (Å²) in [4.78, 5) is 28.4. The highest BCUT2D eigenvalue weighted by molar-refractivity contribution is 5.89. The van der Waals surface area contributed by atoms with E-state index in [1.165, 1.54) is 11.0 Å². The Morgan fingerprint density at radius 2 is 1.53 bits per heavy atom. The van der Waals surface area contributed by atoms with Crippen molar-refractivity contribution in [2.75, 3.05) is 13.7 Å². The van der Waals surface area contributed by atoms with Gasteiger partial charge in [-0.2, -0.15) is 0 Å². The minimum atomic E-state index is -0.877. The van der Waals surface area contributed by atoms with Gasteiger partial charge in [-0.25, -0.2) is 4.39 Å². The highest BCUT2D eigenvalue weighted by Crippen LogP contribution is 2.20. The summed E-state index contributed by atoms with van der Waals surface area (Å²) in [5.74, 6) is -0.0500. The molecule has 190 valence electrons. The first-order chi connectivity index (χ1) is 17.2. The lowest BCUT2D eigenvalue weighted by atomic mass is 10.0. The van der Waals surface area contributed by atoms with Crippen LogP contribution >= 0.6 is 0 Å². The number of hydrogen-bond donors (Lipinski definition) is 1. The van der Waals surface area contributed by atoms with Crippen molar-refractivity contribution in [1.82, 2.24) is 10.2 Å². The lowest BCUT2D eigenvalue weighted by Gasteiger charge is -2.33. The van der Waals surface area contributed by atoms with Crippen molar-refractivity contribution >= 4 is 11.8 Å². The number of rotatable bonds is 10. The van der Waals surface area contributed by atoms with Crippen LogP contribution in [0.4, 0.5) is 4.39 Å². The van der Waals surface area contributed by atoms with Gasteiger partial charge >= 0.3 is 0 Å². The maximum atomic E-state index is 14.6. The van der Waals surface area contributed by atoms with Crippen LogP contribution in [0, 0.1) is 5.82 Å². The Balaban J connectivity index is 1.92. The molecule has 0 aliphatic heterocycles. The van der Waals surface area contributed by atoms with E-state index in [1.807, 2.05) is 51.1 Å². The molecule has 1 N–H and O–H groups in total. The van der Waals surface area contributed by atoms with Gasteiger partial charge in [-0.05, 0) is 56.7 Å². The number of hydrogen-bond acceptors (Lipinski definition) is 4. The Morgan fingerprint density at radius 1 is 0.917 bits per heavy atom. The third kappa shape index (κ3) is 7.83. The van der Waals surface area contributed by atoms with Gasteiger partial charge in [-0.15, -0.1) is 0 Å². The van der Waals surface area contributed by atoms with E-state index in [4.69, 9.17) is 9.47 Å². The van der Waals surface area contributed by atoms with E-state index in [1.54, 1.807) is 49.6 Å². The van der Waals surface area contributed by atoms with Crippen LogP contribution < -0.4 is 14.8 Å². The lowest BCUT2D eigenvalue weighted by molar-refractivity contribution is -0.143. The molecule has 3 rings (SSSR count). The number of nitrogens with zero attached hydrogens (tertiary/aromatic N) is 1. The van der Waals surface area contributed by atoms with Crippen molar-refractivity contribution in [1.29, 1.82) is 0 Å². The molecule has 0 radical (unpaired) electrons. The molecule has 7 heteroatoms. The van der Waals surface area contributed by atoms with Crippen molar-refractivity contribution in [2.24, 2.45) is 0 Å². The number of halogens is 1. The van der Waals surface area contributed by atoms with Gasteiger partial charge in [0.15, 0.2) is 6.61 Å². The Bertz CT molecular complexity index is 1140. The Hall–Kier alpha value is -3.87. The lowest BCUT2D eigenvalue weighted by Crippen LogP contribution is -2.55. The van der Waals surface area contributed by atoms with Crippen molar-refractivity contribution < 1.29 is 23.5 Å². The second-order valence-corrected chi connectivity index (χ2v) is 9.52. The summed E-state index contributed by atoms with van der Waals surface area (Å²) in [6, 6.07) is 21.7. The molecule has 0 bridgehead atoms. The van der Waals surface area contributed by atoms with Gasteiger partial charge in [0.1, 0.15) is 23.4 Å². The van der Waals surface area contributed by atoms with Crippen LogP contribution in [0.1, 0.15) is 31.9 Å². The van der Waals surface area contributed by atoms with Crippen LogP contribution in [0.3, 0.4) is 0 Å². The summed E-state index contributed by atoms with van der Waals surface area (Å²) in [6.07, 6.45) is 0.269. The standard InChI is InChI=1S/C29H33FN2O4/c1-29(2,3)31-28(34)26(18-21-10-6-5-7-11-21)32(19-22-12-8-9-13-25(22)30)27(33)20-36-24-16-14-23(35-4)15-17-24/h5-17,26H,18-20H2,1-4H3,(H,31,34)/t26-/m1/s1. The highest BCUT2D eigenvalue weighted by Gasteiger charge is 2.33. The fraction of sp³-hybridized carbons (Fsp3) is 0.310. The minimum Gasteiger partial charge on any atom is -0.497 e. The smallest absolute Gasteiger partial charge is 0.261 e. The SMILES string of the molecule is COc1ccc(OCC(=O)N(Cc2ccccc2F)[C@H](Cc2ccccc2)C(=O)NC(C)(C)C)cc1. The predicted octanol–water partition coefficient (Wildman–Crippen LogP) is 4.77. The van der Waals surface area contributed by atoms with E-state index in [9.17, 15) is 14.0 Å². The molecule has 0 aliphatic carbocycles. The van der Waals surface area contributed by atoms with Gasteiger partial charge in [0.25, 0.3) is 5.91 Å². The molecule has 2 amide bonds. The average molecular weight is 493 g/mol. The van der Waals surface area contributed by atoms with Gasteiger partial charge in [0, 0.05) is 24.1 Å². The second kappa shape index (κ2) is 12.2. The quantitative estimate of drug-likeness (QED) is 0.443. The molecule has 0 unspecified atom stereocenters. The molecule has 6 nitrogen and oxygen atoms in total. The van der Waals surface area contributed by atoms with Crippen molar-refractivity contribution in [3.05, 3.63) is 95.8 Å². The first-order valence-electron chi connectivity index (χ1n) is 11.8. The first kappa shape index (κ1) is 26.7. The number of nitrogens with one attached hydrogen (secondary N) is 1. The third-order valence-electron chi connectivity index (χ3n) is 5.49. The molecule has 3 aromatic carbocycles. The van der Waals surface area contributed by atoms with E-state index in [0.29, 0.717) is 17.1 Å². The zero-order valence-corrected chi connectivity index (χ0v) is 21.2. The molecular formula is C29H33FN2O4. The fourth-order valence-electron chi connectivity index (χ4n) is 3.72. The molecule has 3 aromatic rings. The zero-order valence-electron chi connectivity index (χ0n) is 21.2. The number of carbonyl (C=O) groups excluding carboxylic acids is 2. The van der Waals surface area contributed by atoms with Crippen LogP contribution in [0.5, 0.6) is 11.5 Å². The Kier molecular flexibility index (Phi) is 9.06. The number of amides is 2. The minimum absolute atomic E-state index is 0.0768. The average Bonchev–Trinajstić information content (AvgIpc) is 2.85. The Morgan fingerprint density at radius 3 is 2.14 bits per heavy atom. The zero-order chi connectivity index (χ0) is 26.1. The molecule has 1 atom stereocenters. The predicted molar refractivity (Wildman–Crippen MR) is 137 cm³/mol. The molecule has 0 spiro atoms. The van der Waals surface area contributed by atoms with Gasteiger partial charge in [-0.1, -0.05) is 48.5 Å². The summed E-state index contributed by atoms with van der Waals surface area (Å²) >= 11 is 0. The normalized spacial score (nSPS) is 11.9. The van der Waals surface area contributed by atoms with E-state index in [0.717, 1.165) is 5.56 Å². The summed E-state index contributed by atoms with van der Waals surface area (Å²) in [5, 5.41) is 2.98. The van der Waals surface area contributed by atoms with Gasteiger partial charge in [0.2, 0.25) is 5.91 Å². The van der Waals surface area contributed by atoms with Gasteiger partial charge < -0.3 is 19.7 Å². The monoisotopic (exact) mass is 492 g/mol. The Labute approximate surface area is 212 Å². The molecule has 0 saturated heterocycles. The number of carbonyl (C=O) groups is 2. The molecule has 36 heavy (non-hydrogen) atoms. The molecule has 0 aliphatic rings. The van der Waals surface area contributed by atoms with Crippen LogP contribution in [0.25, 0.3) is 0 Å². The van der Waals surface area contributed by atoms with Crippen molar-refractivity contribution in [2.45, 2.75) is 45.3 Å². The molecule has 0 heterocycles. The molecule has 0 fully saturated rings. The number of ether oxygens (including phenoxy) is 2. The maximum absolute atomic E-state index is 14.6. The molecular weight excluding hydrogens is 459 g/mol. The maximum Gasteiger partial charge on any atom is 0.261 e. The first-order valence-corrected chi connectivity index (χ1v) is 11.8. The summed E-state index contributed by atoms with van der Waals surface area (Å²) in [7, 11) is 1.56. The van der Waals surface area contributed by atoms with Gasteiger partial charge in [-0.3, -0.25) is 9.59 Å². The van der Waals surface area contributed by atoms with Crippen molar-refractivity contribution in [3.8, 4) is 11.5 Å². The van der Waals surface area contributed by atoms with E-state index >= 15 is 0 Å². The fourth-order valence-corrected chi connectivity index (χ4v) is 3.72. The summed E-state index contributed by atoms with van der Waals surface area (Å²) in [5.41, 5.74) is 0.684. The van der Waals surface area contributed by atoms with Crippen LogP contribution in [-0.4, -0.2) is 42.0 Å². The van der Waals surface area contributed by atoms with Crippen molar-refractivity contribution in [3.63, 3.8) is 0 Å². The third-order valence-corrected chi connectivity index (χ3v) is 5.49. The number of methoxy groups -OCH3 is 1. The van der Waals surface area contributed by atoms with Crippen LogP contribution in [0.15, 0.2) is 78.9 Å². The largest absolute Gasteiger partial charge is 0.497 e. The summed E-state index contributed by atoms with van der Waals surface area (Å²) in [6.45, 7) is 5.24. The summed E-state index contributed by atoms with van der Waals surface area (Å²) < 4.78 is 25.5.